The van der Waals surface area contributed by atoms with Gasteiger partial charge in [0, 0.05) is 42.8 Å². The summed E-state index contributed by atoms with van der Waals surface area (Å²) in [5.41, 5.74) is 2.05. The first-order valence-electron chi connectivity index (χ1n) is 10.9. The predicted molar refractivity (Wildman–Crippen MR) is 122 cm³/mol. The third kappa shape index (κ3) is 5.37. The van der Waals surface area contributed by atoms with Gasteiger partial charge < -0.3 is 20.2 Å². The molecule has 1 aromatic carbocycles. The highest BCUT2D eigenvalue weighted by atomic mass is 19.1. The summed E-state index contributed by atoms with van der Waals surface area (Å²) in [6.07, 6.45) is 1.37. The van der Waals surface area contributed by atoms with E-state index in [2.05, 4.69) is 15.2 Å². The van der Waals surface area contributed by atoms with Gasteiger partial charge in [-0.15, -0.1) is 0 Å². The van der Waals surface area contributed by atoms with E-state index in [-0.39, 0.29) is 23.4 Å². The minimum Gasteiger partial charge on any atom is -0.444 e. The van der Waals surface area contributed by atoms with Crippen molar-refractivity contribution in [3.8, 4) is 17.3 Å². The Morgan fingerprint density at radius 2 is 2.06 bits per heavy atom. The smallest absolute Gasteiger partial charge is 0.414 e. The Hall–Kier alpha value is -3.86. The van der Waals surface area contributed by atoms with Crippen molar-refractivity contribution >= 4 is 11.7 Å². The van der Waals surface area contributed by atoms with Crippen LogP contribution in [-0.4, -0.2) is 56.0 Å². The van der Waals surface area contributed by atoms with E-state index in [9.17, 15) is 19.3 Å². The quantitative estimate of drug-likeness (QED) is 0.437. The van der Waals surface area contributed by atoms with Crippen molar-refractivity contribution in [1.29, 1.82) is 0 Å². The number of halogens is 1. The molecule has 0 atom stereocenters. The average molecular weight is 468 g/mol. The van der Waals surface area contributed by atoms with E-state index in [1.54, 1.807) is 10.6 Å². The number of benzene rings is 1. The van der Waals surface area contributed by atoms with Crippen LogP contribution >= 0.6 is 0 Å². The molecule has 0 aliphatic carbocycles. The molecule has 4 rings (SSSR count). The van der Waals surface area contributed by atoms with Crippen LogP contribution < -0.4 is 10.1 Å². The van der Waals surface area contributed by atoms with Crippen LogP contribution in [0.3, 0.4) is 0 Å². The number of rotatable bonds is 6. The van der Waals surface area contributed by atoms with Gasteiger partial charge in [-0.1, -0.05) is 6.07 Å². The average Bonchev–Trinajstić information content (AvgIpc) is 3.18. The van der Waals surface area contributed by atoms with Crippen molar-refractivity contribution in [3.05, 3.63) is 69.8 Å². The van der Waals surface area contributed by atoms with Gasteiger partial charge in [0.25, 0.3) is 5.91 Å². The van der Waals surface area contributed by atoms with Crippen LogP contribution in [-0.2, 0) is 13.1 Å². The number of fused-ring (bicyclic) bond motifs is 1. The monoisotopic (exact) mass is 468 g/mol. The topological polar surface area (TPSA) is 115 Å². The van der Waals surface area contributed by atoms with Gasteiger partial charge in [0.15, 0.2) is 0 Å². The van der Waals surface area contributed by atoms with Gasteiger partial charge in [-0.25, -0.2) is 4.39 Å². The number of carbonyl (C=O) groups is 1. The van der Waals surface area contributed by atoms with E-state index < -0.39 is 16.6 Å². The van der Waals surface area contributed by atoms with Gasteiger partial charge in [0.2, 0.25) is 0 Å². The first kappa shape index (κ1) is 23.3. The second-order valence-corrected chi connectivity index (χ2v) is 8.29. The Kier molecular flexibility index (Phi) is 6.82. The molecule has 34 heavy (non-hydrogen) atoms. The number of ether oxygens (including phenoxy) is 1. The first-order valence-corrected chi connectivity index (χ1v) is 10.9. The zero-order chi connectivity index (χ0) is 24.2. The molecule has 0 bridgehead atoms. The molecule has 178 valence electrons. The Balaban J connectivity index is 1.49. The SMILES string of the molecule is CC(C)NC(=O)c1cc(-c2cccc(CN3CCOc4nc([N+](=O)[O-])cn4CC3)n2)ccc1F. The van der Waals surface area contributed by atoms with Crippen LogP contribution in [0.5, 0.6) is 6.01 Å². The predicted octanol–water partition coefficient (Wildman–Crippen LogP) is 3.03. The van der Waals surface area contributed by atoms with Crippen LogP contribution in [0, 0.1) is 15.9 Å². The minimum atomic E-state index is -0.585. The van der Waals surface area contributed by atoms with E-state index in [0.29, 0.717) is 44.0 Å². The Bertz CT molecular complexity index is 1210. The molecule has 1 aliphatic rings. The number of carbonyl (C=O) groups excluding carboxylic acids is 1. The third-order valence-electron chi connectivity index (χ3n) is 5.33. The Morgan fingerprint density at radius 1 is 1.24 bits per heavy atom. The highest BCUT2D eigenvalue weighted by Gasteiger charge is 2.23. The maximum absolute atomic E-state index is 14.3. The molecule has 1 N–H and O–H groups in total. The minimum absolute atomic E-state index is 0.0236. The van der Waals surface area contributed by atoms with Gasteiger partial charge in [-0.3, -0.25) is 19.2 Å². The van der Waals surface area contributed by atoms with Gasteiger partial charge in [-0.05, 0) is 49.1 Å². The summed E-state index contributed by atoms with van der Waals surface area (Å²) in [4.78, 5) is 33.5. The number of nitrogens with one attached hydrogen (secondary N) is 1. The molecule has 0 saturated heterocycles. The summed E-state index contributed by atoms with van der Waals surface area (Å²) in [7, 11) is 0. The largest absolute Gasteiger partial charge is 0.444 e. The molecule has 1 amide bonds. The number of aromatic nitrogens is 3. The molecule has 0 spiro atoms. The summed E-state index contributed by atoms with van der Waals surface area (Å²) in [5.74, 6) is -1.29. The molecule has 0 fully saturated rings. The number of nitrogens with zero attached hydrogens (tertiary/aromatic N) is 5. The van der Waals surface area contributed by atoms with Crippen molar-refractivity contribution in [2.45, 2.75) is 33.0 Å². The molecule has 0 unspecified atom stereocenters. The van der Waals surface area contributed by atoms with E-state index in [1.165, 1.54) is 18.3 Å². The molecular formula is C23H25FN6O4. The lowest BCUT2D eigenvalue weighted by molar-refractivity contribution is -0.389. The summed E-state index contributed by atoms with van der Waals surface area (Å²) < 4.78 is 21.5. The number of hydrogen-bond acceptors (Lipinski definition) is 7. The van der Waals surface area contributed by atoms with Crippen molar-refractivity contribution in [3.63, 3.8) is 0 Å². The molecule has 0 radical (unpaired) electrons. The molecule has 0 saturated carbocycles. The molecule has 11 heteroatoms. The summed E-state index contributed by atoms with van der Waals surface area (Å²) in [6.45, 7) is 6.22. The lowest BCUT2D eigenvalue weighted by atomic mass is 10.1. The van der Waals surface area contributed by atoms with E-state index in [4.69, 9.17) is 9.72 Å². The fraction of sp³-hybridized carbons (Fsp3) is 0.348. The van der Waals surface area contributed by atoms with Crippen molar-refractivity contribution in [2.75, 3.05) is 19.7 Å². The Morgan fingerprint density at radius 3 is 2.82 bits per heavy atom. The van der Waals surface area contributed by atoms with Crippen LogP contribution in [0.2, 0.25) is 0 Å². The number of imidazole rings is 1. The molecule has 3 aromatic rings. The van der Waals surface area contributed by atoms with Crippen LogP contribution in [0.4, 0.5) is 10.2 Å². The van der Waals surface area contributed by atoms with Gasteiger partial charge in [-0.2, -0.15) is 0 Å². The van der Waals surface area contributed by atoms with Crippen LogP contribution in [0.15, 0.2) is 42.6 Å². The molecule has 10 nitrogen and oxygen atoms in total. The number of amides is 1. The lowest BCUT2D eigenvalue weighted by Crippen LogP contribution is -2.33. The third-order valence-corrected chi connectivity index (χ3v) is 5.33. The summed E-state index contributed by atoms with van der Waals surface area (Å²) in [5, 5.41) is 13.7. The zero-order valence-corrected chi connectivity index (χ0v) is 18.9. The zero-order valence-electron chi connectivity index (χ0n) is 18.9. The number of pyridine rings is 1. The van der Waals surface area contributed by atoms with Gasteiger partial charge >= 0.3 is 11.8 Å². The fourth-order valence-electron chi connectivity index (χ4n) is 3.69. The second kappa shape index (κ2) is 9.96. The van der Waals surface area contributed by atoms with Crippen molar-refractivity contribution in [1.82, 2.24) is 24.8 Å². The van der Waals surface area contributed by atoms with E-state index in [0.717, 1.165) is 5.69 Å². The number of hydrogen-bond donors (Lipinski definition) is 1. The van der Waals surface area contributed by atoms with Crippen LogP contribution in [0.25, 0.3) is 11.3 Å². The van der Waals surface area contributed by atoms with Gasteiger partial charge in [0.1, 0.15) is 18.6 Å². The number of nitro groups is 1. The molecular weight excluding hydrogens is 443 g/mol. The molecule has 1 aliphatic heterocycles. The first-order chi connectivity index (χ1) is 16.3. The van der Waals surface area contributed by atoms with Gasteiger partial charge in [0.05, 0.1) is 17.0 Å². The van der Waals surface area contributed by atoms with E-state index >= 15 is 0 Å². The fourth-order valence-corrected chi connectivity index (χ4v) is 3.69. The van der Waals surface area contributed by atoms with Crippen molar-refractivity contribution < 1.29 is 18.8 Å². The lowest BCUT2D eigenvalue weighted by Gasteiger charge is -2.24. The summed E-state index contributed by atoms with van der Waals surface area (Å²) >= 11 is 0. The second-order valence-electron chi connectivity index (χ2n) is 8.29. The van der Waals surface area contributed by atoms with Crippen LogP contribution in [0.1, 0.15) is 29.9 Å². The van der Waals surface area contributed by atoms with E-state index in [1.807, 2.05) is 32.0 Å². The molecule has 3 heterocycles. The normalized spacial score (nSPS) is 14.1. The highest BCUT2D eigenvalue weighted by Crippen LogP contribution is 2.22. The summed E-state index contributed by atoms with van der Waals surface area (Å²) in [6, 6.07) is 10.1. The molecule has 2 aromatic heterocycles. The Labute approximate surface area is 195 Å². The van der Waals surface area contributed by atoms with Crippen molar-refractivity contribution in [2.24, 2.45) is 0 Å². The maximum atomic E-state index is 14.3. The standard InChI is InChI=1S/C23H25FN6O4/c1-15(2)25-22(31)18-12-16(6-7-19(18)24)20-5-3-4-17(26-20)13-28-8-9-29-14-21(30(32)33)27-23(29)34-11-10-28/h3-7,12,14-15H,8-11,13H2,1-2H3,(H,25,31). The highest BCUT2D eigenvalue weighted by molar-refractivity contribution is 5.95. The maximum Gasteiger partial charge on any atom is 0.414 e.